The summed E-state index contributed by atoms with van der Waals surface area (Å²) in [5.41, 5.74) is 7.23. The van der Waals surface area contributed by atoms with Crippen molar-refractivity contribution in [1.82, 2.24) is 14.7 Å². The summed E-state index contributed by atoms with van der Waals surface area (Å²) in [5, 5.41) is 13.2. The Hall–Kier alpha value is -3.18. The van der Waals surface area contributed by atoms with Crippen molar-refractivity contribution < 1.29 is 14.3 Å². The van der Waals surface area contributed by atoms with Gasteiger partial charge in [-0.15, -0.1) is 0 Å². The molecule has 1 saturated heterocycles. The van der Waals surface area contributed by atoms with Crippen molar-refractivity contribution in [2.45, 2.75) is 19.1 Å². The van der Waals surface area contributed by atoms with E-state index in [0.717, 1.165) is 5.56 Å². The van der Waals surface area contributed by atoms with Gasteiger partial charge in [-0.25, -0.2) is 0 Å². The van der Waals surface area contributed by atoms with Crippen LogP contribution in [0.3, 0.4) is 0 Å². The summed E-state index contributed by atoms with van der Waals surface area (Å²) in [4.78, 5) is 26.0. The third-order valence-corrected chi connectivity index (χ3v) is 4.22. The molecule has 0 unspecified atom stereocenters. The summed E-state index contributed by atoms with van der Waals surface area (Å²) in [7, 11) is 0. The van der Waals surface area contributed by atoms with Crippen molar-refractivity contribution >= 4 is 11.8 Å². The van der Waals surface area contributed by atoms with E-state index >= 15 is 0 Å². The molecule has 0 aliphatic carbocycles. The maximum absolute atomic E-state index is 13.0. The number of morpholine rings is 1. The molecule has 0 bridgehead atoms. The Morgan fingerprint density at radius 1 is 1.35 bits per heavy atom. The van der Waals surface area contributed by atoms with Crippen LogP contribution in [0, 0.1) is 11.3 Å². The zero-order valence-corrected chi connectivity index (χ0v) is 14.2. The molecule has 2 amide bonds. The van der Waals surface area contributed by atoms with Crippen molar-refractivity contribution in [3.63, 3.8) is 0 Å². The molecule has 1 atom stereocenters. The zero-order valence-electron chi connectivity index (χ0n) is 14.2. The lowest BCUT2D eigenvalue weighted by Crippen LogP contribution is -2.50. The quantitative estimate of drug-likeness (QED) is 0.853. The van der Waals surface area contributed by atoms with Crippen LogP contribution < -0.4 is 5.73 Å². The SMILES string of the molecule is N#CCCn1ncc(C(=O)N2CCO[C@@H](C(N)=O)C2)c1-c1ccccc1. The molecule has 26 heavy (non-hydrogen) atoms. The Morgan fingerprint density at radius 2 is 2.12 bits per heavy atom. The topological polar surface area (TPSA) is 114 Å². The predicted molar refractivity (Wildman–Crippen MR) is 92.7 cm³/mol. The number of nitriles is 1. The average molecular weight is 353 g/mol. The van der Waals surface area contributed by atoms with Gasteiger partial charge in [0.1, 0.15) is 0 Å². The van der Waals surface area contributed by atoms with Gasteiger partial charge in [-0.3, -0.25) is 14.3 Å². The number of benzene rings is 1. The molecule has 1 aliphatic heterocycles. The average Bonchev–Trinajstić information content (AvgIpc) is 3.10. The highest BCUT2D eigenvalue weighted by atomic mass is 16.5. The van der Waals surface area contributed by atoms with Gasteiger partial charge in [0.25, 0.3) is 5.91 Å². The van der Waals surface area contributed by atoms with E-state index in [1.54, 1.807) is 9.58 Å². The Labute approximate surface area is 150 Å². The maximum Gasteiger partial charge on any atom is 0.257 e. The van der Waals surface area contributed by atoms with Crippen molar-refractivity contribution in [2.75, 3.05) is 19.7 Å². The van der Waals surface area contributed by atoms with Crippen molar-refractivity contribution in [3.8, 4) is 17.3 Å². The number of rotatable bonds is 5. The van der Waals surface area contributed by atoms with Crippen LogP contribution in [0.5, 0.6) is 0 Å². The number of hydrogen-bond acceptors (Lipinski definition) is 5. The molecule has 1 fully saturated rings. The zero-order chi connectivity index (χ0) is 18.5. The molecule has 134 valence electrons. The molecule has 2 aromatic rings. The lowest BCUT2D eigenvalue weighted by atomic mass is 10.1. The number of aryl methyl sites for hydroxylation is 1. The number of carbonyl (C=O) groups excluding carboxylic acids is 2. The minimum Gasteiger partial charge on any atom is -0.367 e. The summed E-state index contributed by atoms with van der Waals surface area (Å²) in [5.74, 6) is -0.822. The minimum absolute atomic E-state index is 0.117. The number of carbonyl (C=O) groups is 2. The Balaban J connectivity index is 1.94. The number of hydrogen-bond donors (Lipinski definition) is 1. The van der Waals surface area contributed by atoms with Gasteiger partial charge >= 0.3 is 0 Å². The predicted octanol–water partition coefficient (Wildman–Crippen LogP) is 0.790. The second-order valence-electron chi connectivity index (χ2n) is 5.92. The van der Waals surface area contributed by atoms with E-state index in [1.165, 1.54) is 6.20 Å². The summed E-state index contributed by atoms with van der Waals surface area (Å²) in [6.45, 7) is 1.13. The van der Waals surface area contributed by atoms with Gasteiger partial charge in [-0.05, 0) is 0 Å². The van der Waals surface area contributed by atoms with Gasteiger partial charge < -0.3 is 15.4 Å². The van der Waals surface area contributed by atoms with E-state index in [4.69, 9.17) is 15.7 Å². The van der Waals surface area contributed by atoms with E-state index < -0.39 is 12.0 Å². The van der Waals surface area contributed by atoms with Gasteiger partial charge in [0.2, 0.25) is 5.91 Å². The van der Waals surface area contributed by atoms with Gasteiger partial charge in [-0.1, -0.05) is 30.3 Å². The Kier molecular flexibility index (Phi) is 5.29. The molecule has 2 heterocycles. The molecular weight excluding hydrogens is 334 g/mol. The molecule has 1 aromatic carbocycles. The third kappa shape index (κ3) is 3.58. The van der Waals surface area contributed by atoms with Crippen LogP contribution >= 0.6 is 0 Å². The van der Waals surface area contributed by atoms with Crippen LogP contribution in [0.1, 0.15) is 16.8 Å². The Bertz CT molecular complexity index is 840. The highest BCUT2D eigenvalue weighted by Gasteiger charge is 2.30. The van der Waals surface area contributed by atoms with E-state index in [1.807, 2.05) is 30.3 Å². The third-order valence-electron chi connectivity index (χ3n) is 4.22. The van der Waals surface area contributed by atoms with Gasteiger partial charge in [0.15, 0.2) is 6.10 Å². The van der Waals surface area contributed by atoms with E-state index in [2.05, 4.69) is 11.2 Å². The molecule has 1 aliphatic rings. The largest absolute Gasteiger partial charge is 0.367 e. The molecule has 0 spiro atoms. The second-order valence-corrected chi connectivity index (χ2v) is 5.92. The number of primary amides is 1. The maximum atomic E-state index is 13.0. The smallest absolute Gasteiger partial charge is 0.257 e. The number of amides is 2. The number of nitrogens with two attached hydrogens (primary N) is 1. The van der Waals surface area contributed by atoms with Crippen molar-refractivity contribution in [2.24, 2.45) is 5.73 Å². The van der Waals surface area contributed by atoms with Crippen LogP contribution in [-0.2, 0) is 16.1 Å². The van der Waals surface area contributed by atoms with Crippen LogP contribution in [0.25, 0.3) is 11.3 Å². The first-order chi connectivity index (χ1) is 12.6. The molecular formula is C18H19N5O3. The molecule has 8 nitrogen and oxygen atoms in total. The lowest BCUT2D eigenvalue weighted by Gasteiger charge is -2.31. The summed E-state index contributed by atoms with van der Waals surface area (Å²) in [6, 6.07) is 11.5. The molecule has 3 rings (SSSR count). The van der Waals surface area contributed by atoms with E-state index in [9.17, 15) is 9.59 Å². The fourth-order valence-corrected chi connectivity index (χ4v) is 2.94. The van der Waals surface area contributed by atoms with E-state index in [0.29, 0.717) is 24.3 Å². The van der Waals surface area contributed by atoms with Crippen LogP contribution in [-0.4, -0.2) is 52.3 Å². The van der Waals surface area contributed by atoms with Crippen LogP contribution in [0.4, 0.5) is 0 Å². The highest BCUT2D eigenvalue weighted by Crippen LogP contribution is 2.25. The second kappa shape index (κ2) is 7.80. The first-order valence-corrected chi connectivity index (χ1v) is 8.30. The van der Waals surface area contributed by atoms with E-state index in [-0.39, 0.29) is 25.5 Å². The molecule has 8 heteroatoms. The Morgan fingerprint density at radius 3 is 2.81 bits per heavy atom. The first kappa shape index (κ1) is 17.6. The summed E-state index contributed by atoms with van der Waals surface area (Å²) >= 11 is 0. The van der Waals surface area contributed by atoms with Crippen LogP contribution in [0.2, 0.25) is 0 Å². The fraction of sp³-hybridized carbons (Fsp3) is 0.333. The van der Waals surface area contributed by atoms with Gasteiger partial charge in [0, 0.05) is 12.1 Å². The fourth-order valence-electron chi connectivity index (χ4n) is 2.94. The number of nitrogens with zero attached hydrogens (tertiary/aromatic N) is 4. The normalized spacial score (nSPS) is 16.9. The standard InChI is InChI=1S/C18H19N5O3/c19-7-4-8-23-16(13-5-2-1-3-6-13)14(11-21-23)18(25)22-9-10-26-15(12-22)17(20)24/h1-3,5-6,11,15H,4,8-10,12H2,(H2,20,24)/t15-/m1/s1. The summed E-state index contributed by atoms with van der Waals surface area (Å²) < 4.78 is 6.97. The molecule has 1 aromatic heterocycles. The van der Waals surface area contributed by atoms with Crippen LogP contribution in [0.15, 0.2) is 36.5 Å². The van der Waals surface area contributed by atoms with Crippen molar-refractivity contribution in [1.29, 1.82) is 5.26 Å². The number of aromatic nitrogens is 2. The summed E-state index contributed by atoms with van der Waals surface area (Å²) in [6.07, 6.45) is 0.995. The van der Waals surface area contributed by atoms with Gasteiger partial charge in [-0.2, -0.15) is 10.4 Å². The highest BCUT2D eigenvalue weighted by molar-refractivity contribution is 6.00. The number of ether oxygens (including phenoxy) is 1. The first-order valence-electron chi connectivity index (χ1n) is 8.30. The molecule has 0 saturated carbocycles. The lowest BCUT2D eigenvalue weighted by molar-refractivity contribution is -0.133. The minimum atomic E-state index is -0.804. The molecule has 2 N–H and O–H groups in total. The molecule has 0 radical (unpaired) electrons. The van der Waals surface area contributed by atoms with Gasteiger partial charge in [0.05, 0.1) is 49.6 Å². The van der Waals surface area contributed by atoms with Crippen molar-refractivity contribution in [3.05, 3.63) is 42.1 Å². The monoisotopic (exact) mass is 353 g/mol.